The summed E-state index contributed by atoms with van der Waals surface area (Å²) in [6.45, 7) is 7.51. The zero-order chi connectivity index (χ0) is 13.5. The van der Waals surface area contributed by atoms with Crippen LogP contribution in [0, 0.1) is 0 Å². The molecule has 0 aromatic rings. The van der Waals surface area contributed by atoms with Gasteiger partial charge in [-0.05, 0) is 20.5 Å². The molecule has 0 rings (SSSR count). The number of rotatable bonds is 14. The van der Waals surface area contributed by atoms with E-state index in [1.54, 1.807) is 0 Å². The number of nitrogens with zero attached hydrogens (tertiary/aromatic N) is 1. The van der Waals surface area contributed by atoms with Gasteiger partial charge in [0.2, 0.25) is 0 Å². The molecular weight excluding hydrogens is 230 g/mol. The van der Waals surface area contributed by atoms with E-state index in [9.17, 15) is 0 Å². The Kier molecular flexibility index (Phi) is 14.8. The molecule has 0 heterocycles. The lowest BCUT2D eigenvalue weighted by molar-refractivity contribution is 0.0118. The van der Waals surface area contributed by atoms with Gasteiger partial charge in [-0.15, -0.1) is 0 Å². The lowest BCUT2D eigenvalue weighted by Crippen LogP contribution is -2.19. The number of hydrogen-bond acceptors (Lipinski definition) is 4. The molecule has 4 heteroatoms. The van der Waals surface area contributed by atoms with Crippen molar-refractivity contribution in [1.82, 2.24) is 4.90 Å². The molecule has 0 aliphatic heterocycles. The Morgan fingerprint density at radius 1 is 0.667 bits per heavy atom. The van der Waals surface area contributed by atoms with Crippen LogP contribution in [0.5, 0.6) is 0 Å². The second-order valence-corrected chi connectivity index (χ2v) is 4.70. The third-order valence-electron chi connectivity index (χ3n) is 2.57. The second-order valence-electron chi connectivity index (χ2n) is 4.70. The lowest BCUT2D eigenvalue weighted by Gasteiger charge is -2.10. The maximum Gasteiger partial charge on any atom is 0.0701 e. The average molecular weight is 261 g/mol. The highest BCUT2D eigenvalue weighted by Gasteiger charge is 1.93. The quantitative estimate of drug-likeness (QED) is 0.448. The Morgan fingerprint density at radius 2 is 1.22 bits per heavy atom. The fraction of sp³-hybridized carbons (Fsp3) is 1.00. The van der Waals surface area contributed by atoms with E-state index in [1.165, 1.54) is 25.7 Å². The summed E-state index contributed by atoms with van der Waals surface area (Å²) in [7, 11) is 4.08. The van der Waals surface area contributed by atoms with Crippen LogP contribution in [0.25, 0.3) is 0 Å². The van der Waals surface area contributed by atoms with Crippen LogP contribution in [0.3, 0.4) is 0 Å². The molecule has 0 radical (unpaired) electrons. The molecule has 0 aromatic carbocycles. The average Bonchev–Trinajstić information content (AvgIpc) is 2.34. The van der Waals surface area contributed by atoms with Crippen molar-refractivity contribution < 1.29 is 14.2 Å². The summed E-state index contributed by atoms with van der Waals surface area (Å²) in [5.74, 6) is 0. The van der Waals surface area contributed by atoms with Crippen LogP contribution in [0.1, 0.15) is 32.6 Å². The second kappa shape index (κ2) is 14.9. The molecule has 0 fully saturated rings. The van der Waals surface area contributed by atoms with Crippen LogP contribution in [-0.4, -0.2) is 65.2 Å². The first-order chi connectivity index (χ1) is 8.77. The first-order valence-corrected chi connectivity index (χ1v) is 7.15. The molecule has 0 aliphatic rings. The van der Waals surface area contributed by atoms with Crippen molar-refractivity contribution in [2.45, 2.75) is 32.6 Å². The van der Waals surface area contributed by atoms with Crippen molar-refractivity contribution in [3.05, 3.63) is 0 Å². The standard InChI is InChI=1S/C14H31NO3/c1-4-5-6-7-9-16-11-13-18-14-12-17-10-8-15(2)3/h4-14H2,1-3H3. The number of unbranched alkanes of at least 4 members (excludes halogenated alkanes) is 3. The fourth-order valence-electron chi connectivity index (χ4n) is 1.42. The van der Waals surface area contributed by atoms with Crippen molar-refractivity contribution in [3.8, 4) is 0 Å². The molecule has 0 aromatic heterocycles. The van der Waals surface area contributed by atoms with Gasteiger partial charge in [0, 0.05) is 13.2 Å². The monoisotopic (exact) mass is 261 g/mol. The molecule has 0 atom stereocenters. The molecule has 110 valence electrons. The highest BCUT2D eigenvalue weighted by Crippen LogP contribution is 1.98. The topological polar surface area (TPSA) is 30.9 Å². The third kappa shape index (κ3) is 15.8. The highest BCUT2D eigenvalue weighted by molar-refractivity contribution is 4.41. The summed E-state index contributed by atoms with van der Waals surface area (Å²) in [6.07, 6.45) is 5.03. The summed E-state index contributed by atoms with van der Waals surface area (Å²) in [4.78, 5) is 2.10. The molecule has 0 amide bonds. The summed E-state index contributed by atoms with van der Waals surface area (Å²) in [6, 6.07) is 0. The van der Waals surface area contributed by atoms with Crippen molar-refractivity contribution in [2.75, 3.05) is 60.3 Å². The molecule has 0 spiro atoms. The smallest absolute Gasteiger partial charge is 0.0701 e. The van der Waals surface area contributed by atoms with Crippen molar-refractivity contribution in [2.24, 2.45) is 0 Å². The predicted octanol–water partition coefficient (Wildman–Crippen LogP) is 2.18. The van der Waals surface area contributed by atoms with Crippen molar-refractivity contribution in [3.63, 3.8) is 0 Å². The first kappa shape index (κ1) is 17.8. The maximum absolute atomic E-state index is 5.47. The summed E-state index contributed by atoms with van der Waals surface area (Å²) in [5, 5.41) is 0. The predicted molar refractivity (Wildman–Crippen MR) is 75.2 cm³/mol. The van der Waals surface area contributed by atoms with E-state index < -0.39 is 0 Å². The van der Waals surface area contributed by atoms with Gasteiger partial charge in [-0.1, -0.05) is 26.2 Å². The van der Waals surface area contributed by atoms with E-state index in [2.05, 4.69) is 11.8 Å². The van der Waals surface area contributed by atoms with Gasteiger partial charge in [0.1, 0.15) is 0 Å². The molecule has 4 nitrogen and oxygen atoms in total. The first-order valence-electron chi connectivity index (χ1n) is 7.15. The minimum absolute atomic E-state index is 0.659. The van der Waals surface area contributed by atoms with Crippen LogP contribution >= 0.6 is 0 Å². The minimum Gasteiger partial charge on any atom is -0.379 e. The molecule has 0 aliphatic carbocycles. The van der Waals surface area contributed by atoms with Gasteiger partial charge in [-0.3, -0.25) is 0 Å². The van der Waals surface area contributed by atoms with Crippen molar-refractivity contribution >= 4 is 0 Å². The van der Waals surface area contributed by atoms with Gasteiger partial charge >= 0.3 is 0 Å². The number of hydrogen-bond donors (Lipinski definition) is 0. The van der Waals surface area contributed by atoms with E-state index in [0.29, 0.717) is 26.4 Å². The van der Waals surface area contributed by atoms with E-state index in [4.69, 9.17) is 14.2 Å². The van der Waals surface area contributed by atoms with Gasteiger partial charge in [0.25, 0.3) is 0 Å². The van der Waals surface area contributed by atoms with Gasteiger partial charge in [-0.25, -0.2) is 0 Å². The Balaban J connectivity index is 2.90. The summed E-state index contributed by atoms with van der Waals surface area (Å²) in [5.41, 5.74) is 0. The zero-order valence-corrected chi connectivity index (χ0v) is 12.5. The highest BCUT2D eigenvalue weighted by atomic mass is 16.5. The lowest BCUT2D eigenvalue weighted by atomic mass is 10.2. The van der Waals surface area contributed by atoms with Gasteiger partial charge in [0.15, 0.2) is 0 Å². The molecule has 0 bridgehead atoms. The zero-order valence-electron chi connectivity index (χ0n) is 12.5. The van der Waals surface area contributed by atoms with Crippen LogP contribution in [0.15, 0.2) is 0 Å². The van der Waals surface area contributed by atoms with Crippen LogP contribution in [-0.2, 0) is 14.2 Å². The van der Waals surface area contributed by atoms with E-state index in [0.717, 1.165) is 19.8 Å². The van der Waals surface area contributed by atoms with E-state index in [-0.39, 0.29) is 0 Å². The Hall–Kier alpha value is -0.160. The van der Waals surface area contributed by atoms with Crippen LogP contribution < -0.4 is 0 Å². The molecular formula is C14H31NO3. The fourth-order valence-corrected chi connectivity index (χ4v) is 1.42. The van der Waals surface area contributed by atoms with Gasteiger partial charge in [-0.2, -0.15) is 0 Å². The third-order valence-corrected chi connectivity index (χ3v) is 2.57. The number of ether oxygens (including phenoxy) is 3. The Bertz CT molecular complexity index is 154. The largest absolute Gasteiger partial charge is 0.379 e. The normalized spacial score (nSPS) is 11.3. The minimum atomic E-state index is 0.659. The van der Waals surface area contributed by atoms with Gasteiger partial charge in [0.05, 0.1) is 33.0 Å². The Labute approximate surface area is 113 Å². The summed E-state index contributed by atoms with van der Waals surface area (Å²) >= 11 is 0. The Morgan fingerprint density at radius 3 is 1.78 bits per heavy atom. The molecule has 0 N–H and O–H groups in total. The van der Waals surface area contributed by atoms with Crippen molar-refractivity contribution in [1.29, 1.82) is 0 Å². The molecule has 0 saturated heterocycles. The molecule has 0 unspecified atom stereocenters. The van der Waals surface area contributed by atoms with E-state index >= 15 is 0 Å². The van der Waals surface area contributed by atoms with E-state index in [1.807, 2.05) is 14.1 Å². The maximum atomic E-state index is 5.47. The van der Waals surface area contributed by atoms with Crippen LogP contribution in [0.4, 0.5) is 0 Å². The molecule has 0 saturated carbocycles. The molecule has 18 heavy (non-hydrogen) atoms. The number of likely N-dealkylation sites (N-methyl/N-ethyl adjacent to an activating group) is 1. The van der Waals surface area contributed by atoms with Crippen LogP contribution in [0.2, 0.25) is 0 Å². The summed E-state index contributed by atoms with van der Waals surface area (Å²) < 4.78 is 16.3. The SMILES string of the molecule is CCCCCCOCCOCCOCCN(C)C. The van der Waals surface area contributed by atoms with Gasteiger partial charge < -0.3 is 19.1 Å².